The number of carbonyl (C=O) groups excluding carboxylic acids is 1. The van der Waals surface area contributed by atoms with Gasteiger partial charge in [-0.2, -0.15) is 0 Å². The summed E-state index contributed by atoms with van der Waals surface area (Å²) < 4.78 is 16.3. The first-order valence-corrected chi connectivity index (χ1v) is 11.4. The summed E-state index contributed by atoms with van der Waals surface area (Å²) in [7, 11) is 4.72. The molecule has 7 heteroatoms. The third kappa shape index (κ3) is 4.95. The van der Waals surface area contributed by atoms with Crippen LogP contribution in [-0.2, 0) is 6.42 Å². The summed E-state index contributed by atoms with van der Waals surface area (Å²) in [6, 6.07) is 17.0. The van der Waals surface area contributed by atoms with E-state index in [1.807, 2.05) is 61.7 Å². The van der Waals surface area contributed by atoms with Crippen LogP contribution in [0.4, 0.5) is 0 Å². The van der Waals surface area contributed by atoms with E-state index in [9.17, 15) is 9.90 Å². The fraction of sp³-hybridized carbons (Fsp3) is 0.250. The molecule has 0 saturated carbocycles. The lowest BCUT2D eigenvalue weighted by Crippen LogP contribution is -2.39. The van der Waals surface area contributed by atoms with Crippen molar-refractivity contribution >= 4 is 16.8 Å². The predicted molar refractivity (Wildman–Crippen MR) is 137 cm³/mol. The quantitative estimate of drug-likeness (QED) is 0.332. The number of hydrogen-bond donors (Lipinski definition) is 3. The van der Waals surface area contributed by atoms with Gasteiger partial charge in [-0.3, -0.25) is 4.79 Å². The molecule has 182 valence electrons. The van der Waals surface area contributed by atoms with Crippen LogP contribution in [0.15, 0.2) is 60.8 Å². The molecule has 3 N–H and O–H groups in total. The number of ether oxygens (including phenoxy) is 3. The highest BCUT2D eigenvalue weighted by Gasteiger charge is 2.19. The Balaban J connectivity index is 1.54. The van der Waals surface area contributed by atoms with Crippen molar-refractivity contribution < 1.29 is 24.1 Å². The monoisotopic (exact) mass is 474 g/mol. The summed E-state index contributed by atoms with van der Waals surface area (Å²) in [5, 5.41) is 14.0. The lowest BCUT2D eigenvalue weighted by molar-refractivity contribution is 0.0916. The Hall–Kier alpha value is -3.97. The van der Waals surface area contributed by atoms with E-state index in [1.54, 1.807) is 27.4 Å². The highest BCUT2D eigenvalue weighted by Crippen LogP contribution is 2.41. The molecule has 3 aromatic carbocycles. The molecule has 1 atom stereocenters. The summed E-state index contributed by atoms with van der Waals surface area (Å²) in [5.74, 6) is 1.42. The largest absolute Gasteiger partial charge is 0.493 e. The standard InChI is InChI=1S/C28H30N2O5/c1-17-11-18(19-13-25(33-2)27(35-4)26(14-19)34-3)9-10-22(17)28(32)30-21(16-31)12-20-15-29-24-8-6-5-7-23(20)24/h5-11,13-15,21,29,31H,12,16H2,1-4H3,(H,30,32)/t21-/m1/s1. The van der Waals surface area contributed by atoms with E-state index in [-0.39, 0.29) is 12.5 Å². The fourth-order valence-corrected chi connectivity index (χ4v) is 4.34. The van der Waals surface area contributed by atoms with Gasteiger partial charge >= 0.3 is 0 Å². The van der Waals surface area contributed by atoms with Crippen LogP contribution in [0.2, 0.25) is 0 Å². The molecule has 0 spiro atoms. The Morgan fingerprint density at radius 1 is 0.971 bits per heavy atom. The van der Waals surface area contributed by atoms with E-state index in [1.165, 1.54) is 0 Å². The molecule has 1 aromatic heterocycles. The minimum absolute atomic E-state index is 0.159. The van der Waals surface area contributed by atoms with Gasteiger partial charge in [0.1, 0.15) is 0 Å². The number of para-hydroxylation sites is 1. The zero-order valence-electron chi connectivity index (χ0n) is 20.3. The number of aromatic amines is 1. The highest BCUT2D eigenvalue weighted by molar-refractivity contribution is 5.96. The number of aromatic nitrogens is 1. The van der Waals surface area contributed by atoms with Crippen molar-refractivity contribution in [3.05, 3.63) is 77.5 Å². The average Bonchev–Trinajstić information content (AvgIpc) is 3.29. The molecule has 35 heavy (non-hydrogen) atoms. The van der Waals surface area contributed by atoms with E-state index >= 15 is 0 Å². The number of aliphatic hydroxyl groups excluding tert-OH is 1. The van der Waals surface area contributed by atoms with Crippen LogP contribution < -0.4 is 19.5 Å². The number of aryl methyl sites for hydroxylation is 1. The number of methoxy groups -OCH3 is 3. The second-order valence-electron chi connectivity index (χ2n) is 8.36. The second-order valence-corrected chi connectivity index (χ2v) is 8.36. The van der Waals surface area contributed by atoms with Gasteiger partial charge in [0.25, 0.3) is 5.91 Å². The number of nitrogens with one attached hydrogen (secondary N) is 2. The Labute approximate surface area is 204 Å². The van der Waals surface area contributed by atoms with Gasteiger partial charge in [-0.05, 0) is 59.9 Å². The van der Waals surface area contributed by atoms with Crippen molar-refractivity contribution in [3.8, 4) is 28.4 Å². The molecule has 1 amide bonds. The lowest BCUT2D eigenvalue weighted by Gasteiger charge is -2.18. The molecule has 0 aliphatic carbocycles. The van der Waals surface area contributed by atoms with Gasteiger partial charge in [-0.15, -0.1) is 0 Å². The SMILES string of the molecule is COc1cc(-c2ccc(C(=O)N[C@@H](CO)Cc3c[nH]c4ccccc34)c(C)c2)cc(OC)c1OC. The van der Waals surface area contributed by atoms with Crippen LogP contribution in [-0.4, -0.2) is 50.0 Å². The van der Waals surface area contributed by atoms with Gasteiger partial charge < -0.3 is 29.6 Å². The van der Waals surface area contributed by atoms with Gasteiger partial charge in [0.15, 0.2) is 11.5 Å². The number of rotatable bonds is 9. The van der Waals surface area contributed by atoms with Crippen LogP contribution in [0.5, 0.6) is 17.2 Å². The first-order chi connectivity index (χ1) is 17.0. The number of benzene rings is 3. The minimum atomic E-state index is -0.407. The maximum Gasteiger partial charge on any atom is 0.251 e. The third-order valence-corrected chi connectivity index (χ3v) is 6.17. The number of amides is 1. The maximum absolute atomic E-state index is 13.1. The van der Waals surface area contributed by atoms with E-state index in [2.05, 4.69) is 10.3 Å². The van der Waals surface area contributed by atoms with Crippen molar-refractivity contribution in [1.82, 2.24) is 10.3 Å². The Kier molecular flexibility index (Phi) is 7.27. The minimum Gasteiger partial charge on any atom is -0.493 e. The zero-order chi connectivity index (χ0) is 24.9. The first-order valence-electron chi connectivity index (χ1n) is 11.4. The molecule has 0 aliphatic rings. The average molecular weight is 475 g/mol. The molecule has 4 rings (SSSR count). The predicted octanol–water partition coefficient (Wildman–Crippen LogP) is 4.50. The van der Waals surface area contributed by atoms with Gasteiger partial charge in [-0.1, -0.05) is 30.3 Å². The smallest absolute Gasteiger partial charge is 0.251 e. The van der Waals surface area contributed by atoms with E-state index < -0.39 is 6.04 Å². The van der Waals surface area contributed by atoms with Crippen LogP contribution >= 0.6 is 0 Å². The first kappa shape index (κ1) is 24.2. The Morgan fingerprint density at radius 2 is 1.69 bits per heavy atom. The second kappa shape index (κ2) is 10.5. The molecular formula is C28H30N2O5. The molecular weight excluding hydrogens is 444 g/mol. The summed E-state index contributed by atoms with van der Waals surface area (Å²) in [5.41, 5.74) is 5.24. The van der Waals surface area contributed by atoms with Crippen molar-refractivity contribution in [2.24, 2.45) is 0 Å². The fourth-order valence-electron chi connectivity index (χ4n) is 4.34. The summed E-state index contributed by atoms with van der Waals surface area (Å²) in [6.45, 7) is 1.73. The number of hydrogen-bond acceptors (Lipinski definition) is 5. The lowest BCUT2D eigenvalue weighted by atomic mass is 9.98. The van der Waals surface area contributed by atoms with Crippen molar-refractivity contribution in [2.75, 3.05) is 27.9 Å². The molecule has 1 heterocycles. The number of carbonyl (C=O) groups is 1. The molecule has 0 bridgehead atoms. The Bertz CT molecular complexity index is 1320. The molecule has 0 fully saturated rings. The van der Waals surface area contributed by atoms with Gasteiger partial charge in [0, 0.05) is 22.7 Å². The van der Waals surface area contributed by atoms with Gasteiger partial charge in [0.05, 0.1) is 34.0 Å². The normalized spacial score (nSPS) is 11.8. The molecule has 0 aliphatic heterocycles. The third-order valence-electron chi connectivity index (χ3n) is 6.17. The van der Waals surface area contributed by atoms with E-state index in [4.69, 9.17) is 14.2 Å². The highest BCUT2D eigenvalue weighted by atomic mass is 16.5. The van der Waals surface area contributed by atoms with Crippen LogP contribution in [0, 0.1) is 6.92 Å². The van der Waals surface area contributed by atoms with Crippen LogP contribution in [0.3, 0.4) is 0 Å². The summed E-state index contributed by atoms with van der Waals surface area (Å²) >= 11 is 0. The molecule has 7 nitrogen and oxygen atoms in total. The molecule has 0 saturated heterocycles. The van der Waals surface area contributed by atoms with Crippen molar-refractivity contribution in [1.29, 1.82) is 0 Å². The number of aliphatic hydroxyl groups is 1. The summed E-state index contributed by atoms with van der Waals surface area (Å²) in [6.07, 6.45) is 2.45. The molecule has 4 aromatic rings. The Morgan fingerprint density at radius 3 is 2.31 bits per heavy atom. The molecule has 0 radical (unpaired) electrons. The van der Waals surface area contributed by atoms with Crippen molar-refractivity contribution in [3.63, 3.8) is 0 Å². The van der Waals surface area contributed by atoms with Gasteiger partial charge in [0.2, 0.25) is 5.75 Å². The van der Waals surface area contributed by atoms with Crippen LogP contribution in [0.1, 0.15) is 21.5 Å². The zero-order valence-corrected chi connectivity index (χ0v) is 20.3. The van der Waals surface area contributed by atoms with Gasteiger partial charge in [-0.25, -0.2) is 0 Å². The van der Waals surface area contributed by atoms with E-state index in [0.717, 1.165) is 33.2 Å². The summed E-state index contributed by atoms with van der Waals surface area (Å²) in [4.78, 5) is 16.3. The topological polar surface area (TPSA) is 92.8 Å². The van der Waals surface area contributed by atoms with Crippen LogP contribution in [0.25, 0.3) is 22.0 Å². The number of H-pyrrole nitrogens is 1. The molecule has 0 unspecified atom stereocenters. The van der Waals surface area contributed by atoms with E-state index in [0.29, 0.717) is 29.2 Å². The van der Waals surface area contributed by atoms with Crippen molar-refractivity contribution in [2.45, 2.75) is 19.4 Å². The number of fused-ring (bicyclic) bond motifs is 1. The maximum atomic E-state index is 13.1.